The number of fused-ring (bicyclic) bond motifs is 1. The molecule has 2 aromatic heterocycles. The minimum Gasteiger partial charge on any atom is -0.350 e. The average molecular weight is 251 g/mol. The van der Waals surface area contributed by atoms with Gasteiger partial charge in [0.1, 0.15) is 0 Å². The maximum absolute atomic E-state index is 5.71. The van der Waals surface area contributed by atoms with Crippen molar-refractivity contribution in [2.75, 3.05) is 0 Å². The lowest BCUT2D eigenvalue weighted by Gasteiger charge is -2.02. The topological polar surface area (TPSA) is 43.8 Å². The normalized spacial score (nSPS) is 11.1. The van der Waals surface area contributed by atoms with E-state index >= 15 is 0 Å². The maximum atomic E-state index is 5.71. The van der Waals surface area contributed by atoms with E-state index in [4.69, 9.17) is 5.73 Å². The molecule has 0 spiro atoms. The third-order valence-electron chi connectivity index (χ3n) is 3.54. The fourth-order valence-corrected chi connectivity index (χ4v) is 2.62. The van der Waals surface area contributed by atoms with Gasteiger partial charge in [-0.3, -0.25) is 4.98 Å². The Balaban J connectivity index is 2.28. The van der Waals surface area contributed by atoms with Crippen molar-refractivity contribution in [2.45, 2.75) is 13.5 Å². The van der Waals surface area contributed by atoms with E-state index in [9.17, 15) is 0 Å². The molecule has 0 fully saturated rings. The van der Waals surface area contributed by atoms with Crippen molar-refractivity contribution in [3.8, 4) is 11.3 Å². The molecular formula is C16H17N3. The minimum absolute atomic E-state index is 0.541. The Morgan fingerprint density at radius 2 is 2.11 bits per heavy atom. The number of hydrogen-bond acceptors (Lipinski definition) is 2. The highest BCUT2D eigenvalue weighted by atomic mass is 14.9. The van der Waals surface area contributed by atoms with E-state index in [0.29, 0.717) is 6.54 Å². The quantitative estimate of drug-likeness (QED) is 0.761. The van der Waals surface area contributed by atoms with Crippen LogP contribution in [0.3, 0.4) is 0 Å². The number of nitrogens with two attached hydrogens (primary N) is 1. The molecule has 3 nitrogen and oxygen atoms in total. The van der Waals surface area contributed by atoms with Gasteiger partial charge in [-0.15, -0.1) is 0 Å². The molecule has 96 valence electrons. The summed E-state index contributed by atoms with van der Waals surface area (Å²) in [4.78, 5) is 4.48. The summed E-state index contributed by atoms with van der Waals surface area (Å²) in [6, 6.07) is 10.4. The standard InChI is InChI=1S/C16H17N3/c1-11-4-3-5-13-14(10-19(2)16(11)13)15-8-12(9-17)6-7-18-15/h3-8,10H,9,17H2,1-2H3. The van der Waals surface area contributed by atoms with Crippen molar-refractivity contribution in [3.05, 3.63) is 53.9 Å². The highest BCUT2D eigenvalue weighted by Gasteiger charge is 2.11. The van der Waals surface area contributed by atoms with Crippen LogP contribution in [0.2, 0.25) is 0 Å². The van der Waals surface area contributed by atoms with Gasteiger partial charge in [-0.1, -0.05) is 18.2 Å². The second-order valence-electron chi connectivity index (χ2n) is 4.88. The van der Waals surface area contributed by atoms with Crippen LogP contribution in [0.1, 0.15) is 11.1 Å². The summed E-state index contributed by atoms with van der Waals surface area (Å²) in [7, 11) is 2.08. The number of aryl methyl sites for hydroxylation is 2. The van der Waals surface area contributed by atoms with E-state index in [2.05, 4.69) is 54.0 Å². The van der Waals surface area contributed by atoms with Crippen LogP contribution >= 0.6 is 0 Å². The third-order valence-corrected chi connectivity index (χ3v) is 3.54. The van der Waals surface area contributed by atoms with E-state index in [-0.39, 0.29) is 0 Å². The van der Waals surface area contributed by atoms with Crippen LogP contribution in [-0.4, -0.2) is 9.55 Å². The zero-order valence-corrected chi connectivity index (χ0v) is 11.2. The number of rotatable bonds is 2. The smallest absolute Gasteiger partial charge is 0.0726 e. The van der Waals surface area contributed by atoms with Gasteiger partial charge in [0.15, 0.2) is 0 Å². The van der Waals surface area contributed by atoms with E-state index < -0.39 is 0 Å². The van der Waals surface area contributed by atoms with Gasteiger partial charge in [0, 0.05) is 36.9 Å². The number of nitrogens with zero attached hydrogens (tertiary/aromatic N) is 2. The molecule has 3 heteroatoms. The number of aromatic nitrogens is 2. The SMILES string of the molecule is Cc1cccc2c(-c3cc(CN)ccn3)cn(C)c12. The van der Waals surface area contributed by atoms with Gasteiger partial charge in [-0.25, -0.2) is 0 Å². The summed E-state index contributed by atoms with van der Waals surface area (Å²) < 4.78 is 2.16. The summed E-state index contributed by atoms with van der Waals surface area (Å²) >= 11 is 0. The lowest BCUT2D eigenvalue weighted by molar-refractivity contribution is 0.964. The zero-order valence-electron chi connectivity index (χ0n) is 11.2. The van der Waals surface area contributed by atoms with Crippen molar-refractivity contribution >= 4 is 10.9 Å². The molecule has 0 bridgehead atoms. The Labute approximate surface area is 112 Å². The van der Waals surface area contributed by atoms with Gasteiger partial charge in [0.25, 0.3) is 0 Å². The van der Waals surface area contributed by atoms with Gasteiger partial charge >= 0.3 is 0 Å². The molecule has 0 aliphatic rings. The van der Waals surface area contributed by atoms with E-state index in [1.54, 1.807) is 0 Å². The molecule has 19 heavy (non-hydrogen) atoms. The van der Waals surface area contributed by atoms with Crippen molar-refractivity contribution in [3.63, 3.8) is 0 Å². The number of hydrogen-bond donors (Lipinski definition) is 1. The Hall–Kier alpha value is -2.13. The fraction of sp³-hybridized carbons (Fsp3) is 0.188. The monoisotopic (exact) mass is 251 g/mol. The Morgan fingerprint density at radius 1 is 1.26 bits per heavy atom. The summed E-state index contributed by atoms with van der Waals surface area (Å²) in [6.07, 6.45) is 3.96. The van der Waals surface area contributed by atoms with Crippen LogP contribution in [0.5, 0.6) is 0 Å². The second kappa shape index (κ2) is 4.52. The molecule has 3 aromatic rings. The molecule has 0 atom stereocenters. The molecule has 3 rings (SSSR count). The number of benzene rings is 1. The minimum atomic E-state index is 0.541. The van der Waals surface area contributed by atoms with Crippen LogP contribution in [0.25, 0.3) is 22.2 Å². The van der Waals surface area contributed by atoms with Gasteiger partial charge in [-0.05, 0) is 30.2 Å². The van der Waals surface area contributed by atoms with Crippen LogP contribution in [0.15, 0.2) is 42.7 Å². The molecular weight excluding hydrogens is 234 g/mol. The first kappa shape index (κ1) is 11.9. The van der Waals surface area contributed by atoms with Crippen LogP contribution in [0.4, 0.5) is 0 Å². The van der Waals surface area contributed by atoms with E-state index in [0.717, 1.165) is 16.8 Å². The largest absolute Gasteiger partial charge is 0.350 e. The first-order chi connectivity index (χ1) is 9.20. The van der Waals surface area contributed by atoms with Crippen LogP contribution in [0, 0.1) is 6.92 Å². The van der Waals surface area contributed by atoms with Gasteiger partial charge in [0.2, 0.25) is 0 Å². The maximum Gasteiger partial charge on any atom is 0.0726 e. The predicted octanol–water partition coefficient (Wildman–Crippen LogP) is 3.01. The van der Waals surface area contributed by atoms with Gasteiger partial charge in [-0.2, -0.15) is 0 Å². The molecule has 0 amide bonds. The first-order valence-electron chi connectivity index (χ1n) is 6.40. The van der Waals surface area contributed by atoms with Crippen molar-refractivity contribution in [2.24, 2.45) is 12.8 Å². The Bertz CT molecular complexity index is 741. The molecule has 0 saturated heterocycles. The fourth-order valence-electron chi connectivity index (χ4n) is 2.62. The predicted molar refractivity (Wildman–Crippen MR) is 78.8 cm³/mol. The molecule has 2 heterocycles. The third kappa shape index (κ3) is 1.92. The number of para-hydroxylation sites is 1. The highest BCUT2D eigenvalue weighted by Crippen LogP contribution is 2.30. The van der Waals surface area contributed by atoms with Crippen LogP contribution < -0.4 is 5.73 Å². The lowest BCUT2D eigenvalue weighted by Crippen LogP contribution is -1.96. The second-order valence-corrected chi connectivity index (χ2v) is 4.88. The van der Waals surface area contributed by atoms with Gasteiger partial charge < -0.3 is 10.3 Å². The Kier molecular flexibility index (Phi) is 2.84. The summed E-state index contributed by atoms with van der Waals surface area (Å²) in [6.45, 7) is 2.68. The van der Waals surface area contributed by atoms with Gasteiger partial charge in [0.05, 0.1) is 11.2 Å². The van der Waals surface area contributed by atoms with Crippen molar-refractivity contribution < 1.29 is 0 Å². The summed E-state index contributed by atoms with van der Waals surface area (Å²) in [5, 5.41) is 1.24. The molecule has 0 aliphatic heterocycles. The first-order valence-corrected chi connectivity index (χ1v) is 6.40. The summed E-state index contributed by atoms with van der Waals surface area (Å²) in [5.74, 6) is 0. The molecule has 0 radical (unpaired) electrons. The lowest BCUT2D eigenvalue weighted by atomic mass is 10.1. The van der Waals surface area contributed by atoms with E-state index in [1.807, 2.05) is 12.3 Å². The van der Waals surface area contributed by atoms with E-state index in [1.165, 1.54) is 16.5 Å². The van der Waals surface area contributed by atoms with Crippen molar-refractivity contribution in [1.82, 2.24) is 9.55 Å². The molecule has 0 saturated carbocycles. The summed E-state index contributed by atoms with van der Waals surface area (Å²) in [5.41, 5.74) is 11.5. The van der Waals surface area contributed by atoms with Crippen LogP contribution in [-0.2, 0) is 13.6 Å². The molecule has 0 unspecified atom stereocenters. The number of pyridine rings is 1. The molecule has 1 aromatic carbocycles. The highest BCUT2D eigenvalue weighted by molar-refractivity contribution is 5.96. The Morgan fingerprint density at radius 3 is 2.89 bits per heavy atom. The molecule has 0 aliphatic carbocycles. The molecule has 2 N–H and O–H groups in total. The average Bonchev–Trinajstić information content (AvgIpc) is 2.78. The van der Waals surface area contributed by atoms with Crippen molar-refractivity contribution in [1.29, 1.82) is 0 Å². The zero-order chi connectivity index (χ0) is 13.4.